The lowest BCUT2D eigenvalue weighted by Crippen LogP contribution is -2.29. The van der Waals surface area contributed by atoms with Gasteiger partial charge in [0.2, 0.25) is 0 Å². The van der Waals surface area contributed by atoms with Crippen molar-refractivity contribution in [1.29, 1.82) is 5.26 Å². The lowest BCUT2D eigenvalue weighted by atomic mass is 10.0. The molecule has 1 unspecified atom stereocenters. The van der Waals surface area contributed by atoms with Crippen molar-refractivity contribution in [2.24, 2.45) is 0 Å². The Labute approximate surface area is 122 Å². The summed E-state index contributed by atoms with van der Waals surface area (Å²) in [6, 6.07) is 2.70. The molecule has 1 amide bonds. The highest BCUT2D eigenvalue weighted by Gasteiger charge is 2.39. The number of fused-ring (bicyclic) bond motifs is 1. The minimum atomic E-state index is -0.965. The number of hydrogen-bond donors (Lipinski definition) is 0. The molecule has 1 aliphatic rings. The zero-order valence-corrected chi connectivity index (χ0v) is 12.1. The average molecular weight is 293 g/mol. The first-order valence-corrected chi connectivity index (χ1v) is 6.80. The minimum Gasteiger partial charge on any atom is -0.318 e. The number of nitriles is 1. The van der Waals surface area contributed by atoms with E-state index in [1.54, 1.807) is 0 Å². The Morgan fingerprint density at radius 3 is 2.67 bits per heavy atom. The molecule has 0 fully saturated rings. The Balaban J connectivity index is 2.17. The van der Waals surface area contributed by atoms with Crippen molar-refractivity contribution in [1.82, 2.24) is 9.80 Å². The number of amides is 1. The molecule has 0 spiro atoms. The number of carbonyl (C=O) groups excluding carboxylic acids is 1. The summed E-state index contributed by atoms with van der Waals surface area (Å²) in [7, 11) is 3.90. The topological polar surface area (TPSA) is 47.3 Å². The van der Waals surface area contributed by atoms with Crippen molar-refractivity contribution in [3.05, 3.63) is 34.9 Å². The summed E-state index contributed by atoms with van der Waals surface area (Å²) < 4.78 is 27.1. The molecule has 1 aromatic rings. The fraction of sp³-hybridized carbons (Fsp3) is 0.467. The third-order valence-corrected chi connectivity index (χ3v) is 3.55. The number of nitrogens with zero attached hydrogens (tertiary/aromatic N) is 3. The third kappa shape index (κ3) is 3.03. The van der Waals surface area contributed by atoms with E-state index in [0.717, 1.165) is 19.0 Å². The van der Waals surface area contributed by atoms with Gasteiger partial charge in [0.15, 0.2) is 0 Å². The number of rotatable bonds is 5. The Morgan fingerprint density at radius 1 is 1.33 bits per heavy atom. The molecule has 0 aromatic heterocycles. The quantitative estimate of drug-likeness (QED) is 0.783. The van der Waals surface area contributed by atoms with E-state index in [1.807, 2.05) is 25.1 Å². The zero-order chi connectivity index (χ0) is 15.6. The van der Waals surface area contributed by atoms with Gasteiger partial charge in [-0.1, -0.05) is 0 Å². The molecular formula is C15H17F2N3O. The van der Waals surface area contributed by atoms with E-state index in [-0.39, 0.29) is 11.1 Å². The number of benzene rings is 1. The first kappa shape index (κ1) is 15.4. The van der Waals surface area contributed by atoms with E-state index < -0.39 is 23.6 Å². The Hall–Kier alpha value is -2.00. The molecule has 6 heteroatoms. The summed E-state index contributed by atoms with van der Waals surface area (Å²) >= 11 is 0. The molecule has 0 N–H and O–H groups in total. The molecule has 0 bridgehead atoms. The van der Waals surface area contributed by atoms with E-state index in [1.165, 1.54) is 4.90 Å². The van der Waals surface area contributed by atoms with Gasteiger partial charge in [-0.3, -0.25) is 4.79 Å². The average Bonchev–Trinajstić information content (AvgIpc) is 2.68. The minimum absolute atomic E-state index is 0.00323. The largest absolute Gasteiger partial charge is 0.318 e. The van der Waals surface area contributed by atoms with Crippen LogP contribution in [0.3, 0.4) is 0 Å². The Bertz CT molecular complexity index is 595. The van der Waals surface area contributed by atoms with Crippen LogP contribution in [-0.4, -0.2) is 42.9 Å². The number of unbranched alkanes of at least 4 members (excludes halogenated alkanes) is 1. The maximum absolute atomic E-state index is 13.9. The van der Waals surface area contributed by atoms with Gasteiger partial charge in [0, 0.05) is 18.2 Å². The van der Waals surface area contributed by atoms with E-state index in [9.17, 15) is 18.8 Å². The van der Waals surface area contributed by atoms with Crippen LogP contribution < -0.4 is 0 Å². The van der Waals surface area contributed by atoms with Crippen LogP contribution >= 0.6 is 0 Å². The molecule has 0 saturated carbocycles. The molecule has 21 heavy (non-hydrogen) atoms. The summed E-state index contributed by atoms with van der Waals surface area (Å²) in [6.07, 6.45) is 1.57. The molecule has 0 aliphatic carbocycles. The van der Waals surface area contributed by atoms with Crippen LogP contribution in [0.15, 0.2) is 12.1 Å². The maximum Gasteiger partial charge on any atom is 0.255 e. The summed E-state index contributed by atoms with van der Waals surface area (Å²) in [4.78, 5) is 15.6. The highest BCUT2D eigenvalue weighted by atomic mass is 19.1. The van der Waals surface area contributed by atoms with Gasteiger partial charge in [-0.15, -0.1) is 0 Å². The van der Waals surface area contributed by atoms with Crippen molar-refractivity contribution >= 4 is 5.91 Å². The number of halogens is 2. The van der Waals surface area contributed by atoms with Crippen LogP contribution in [0.4, 0.5) is 8.78 Å². The van der Waals surface area contributed by atoms with Gasteiger partial charge in [0.25, 0.3) is 5.91 Å². The summed E-state index contributed by atoms with van der Waals surface area (Å²) in [5.41, 5.74) is -0.0387. The van der Waals surface area contributed by atoms with E-state index in [0.29, 0.717) is 19.0 Å². The second-order valence-electron chi connectivity index (χ2n) is 5.39. The van der Waals surface area contributed by atoms with Gasteiger partial charge in [0.1, 0.15) is 17.7 Å². The van der Waals surface area contributed by atoms with Crippen LogP contribution in [0.1, 0.15) is 34.8 Å². The highest BCUT2D eigenvalue weighted by molar-refractivity contribution is 5.99. The first-order valence-electron chi connectivity index (χ1n) is 6.80. The fourth-order valence-electron chi connectivity index (χ4n) is 2.54. The second-order valence-corrected chi connectivity index (χ2v) is 5.39. The summed E-state index contributed by atoms with van der Waals surface area (Å²) in [5.74, 6) is -2.11. The normalized spacial score (nSPS) is 17.2. The molecule has 2 rings (SSSR count). The lowest BCUT2D eigenvalue weighted by molar-refractivity contribution is 0.0753. The van der Waals surface area contributed by atoms with E-state index in [4.69, 9.17) is 0 Å². The van der Waals surface area contributed by atoms with E-state index in [2.05, 4.69) is 0 Å². The van der Waals surface area contributed by atoms with Crippen molar-refractivity contribution in [2.75, 3.05) is 27.2 Å². The first-order chi connectivity index (χ1) is 9.95. The zero-order valence-electron chi connectivity index (χ0n) is 12.1. The second kappa shape index (κ2) is 6.19. The van der Waals surface area contributed by atoms with Crippen molar-refractivity contribution < 1.29 is 13.6 Å². The molecule has 0 radical (unpaired) electrons. The molecule has 1 atom stereocenters. The van der Waals surface area contributed by atoms with Crippen molar-refractivity contribution in [3.8, 4) is 6.07 Å². The predicted molar refractivity (Wildman–Crippen MR) is 73.5 cm³/mol. The highest BCUT2D eigenvalue weighted by Crippen LogP contribution is 2.35. The summed E-state index contributed by atoms with van der Waals surface area (Å²) in [6.45, 7) is 1.23. The molecule has 112 valence electrons. The standard InChI is InChI=1S/C15H17F2N3O/c1-19(2)5-3-4-6-20-13(9-18)14-11(15(20)21)7-10(16)8-12(14)17/h7-8,13H,3-6H2,1-2H3. The maximum atomic E-state index is 13.9. The molecule has 1 aliphatic heterocycles. The van der Waals surface area contributed by atoms with Crippen LogP contribution in [-0.2, 0) is 0 Å². The number of carbonyl (C=O) groups is 1. The Kier molecular flexibility index (Phi) is 4.53. The molecule has 1 aromatic carbocycles. The fourth-order valence-corrected chi connectivity index (χ4v) is 2.54. The molecular weight excluding hydrogens is 276 g/mol. The van der Waals surface area contributed by atoms with Crippen LogP contribution in [0.25, 0.3) is 0 Å². The van der Waals surface area contributed by atoms with Crippen LogP contribution in [0.5, 0.6) is 0 Å². The molecule has 4 nitrogen and oxygen atoms in total. The van der Waals surface area contributed by atoms with Crippen LogP contribution in [0.2, 0.25) is 0 Å². The number of hydrogen-bond acceptors (Lipinski definition) is 3. The molecule has 0 saturated heterocycles. The van der Waals surface area contributed by atoms with Gasteiger partial charge < -0.3 is 9.80 Å². The SMILES string of the molecule is CN(C)CCCCN1C(=O)c2cc(F)cc(F)c2C1C#N. The lowest BCUT2D eigenvalue weighted by Gasteiger charge is -2.20. The Morgan fingerprint density at radius 2 is 2.05 bits per heavy atom. The smallest absolute Gasteiger partial charge is 0.255 e. The van der Waals surface area contributed by atoms with E-state index >= 15 is 0 Å². The van der Waals surface area contributed by atoms with Crippen LogP contribution in [0, 0.1) is 23.0 Å². The van der Waals surface area contributed by atoms with Crippen molar-refractivity contribution in [3.63, 3.8) is 0 Å². The monoisotopic (exact) mass is 293 g/mol. The summed E-state index contributed by atoms with van der Waals surface area (Å²) in [5, 5.41) is 9.23. The third-order valence-electron chi connectivity index (χ3n) is 3.55. The predicted octanol–water partition coefficient (Wildman–Crippen LogP) is 2.33. The van der Waals surface area contributed by atoms with Gasteiger partial charge in [-0.05, 0) is 39.5 Å². The van der Waals surface area contributed by atoms with Gasteiger partial charge in [0.05, 0.1) is 11.6 Å². The van der Waals surface area contributed by atoms with Gasteiger partial charge in [-0.25, -0.2) is 8.78 Å². The molecule has 1 heterocycles. The van der Waals surface area contributed by atoms with Gasteiger partial charge >= 0.3 is 0 Å². The van der Waals surface area contributed by atoms with Gasteiger partial charge in [-0.2, -0.15) is 5.26 Å². The van der Waals surface area contributed by atoms with Crippen molar-refractivity contribution in [2.45, 2.75) is 18.9 Å².